The summed E-state index contributed by atoms with van der Waals surface area (Å²) in [4.78, 5) is 2.88. The molecule has 0 aliphatic rings. The lowest BCUT2D eigenvalue weighted by atomic mass is 9.90. The number of benzene rings is 1. The highest BCUT2D eigenvalue weighted by molar-refractivity contribution is 9.10. The van der Waals surface area contributed by atoms with Gasteiger partial charge in [0.05, 0.1) is 0 Å². The first-order valence-corrected chi connectivity index (χ1v) is 8.93. The molecule has 0 N–H and O–H groups in total. The molecule has 112 valence electrons. The van der Waals surface area contributed by atoms with Crippen LogP contribution in [-0.2, 0) is 10.8 Å². The van der Waals surface area contributed by atoms with Gasteiger partial charge in [-0.15, -0.1) is 0 Å². The maximum atomic E-state index is 3.51. The molecule has 2 heteroatoms. The van der Waals surface area contributed by atoms with Crippen LogP contribution in [0.4, 0.5) is 0 Å². The topological polar surface area (TPSA) is 0 Å². The maximum Gasteiger partial charge on any atom is 0.219 e. The van der Waals surface area contributed by atoms with Crippen molar-refractivity contribution in [3.63, 3.8) is 0 Å². The monoisotopic (exact) mass is 363 g/mol. The van der Waals surface area contributed by atoms with Gasteiger partial charge in [0.25, 0.3) is 0 Å². The van der Waals surface area contributed by atoms with E-state index in [2.05, 4.69) is 93.9 Å². The van der Waals surface area contributed by atoms with E-state index in [4.69, 9.17) is 0 Å². The van der Waals surface area contributed by atoms with Gasteiger partial charge in [-0.25, -0.2) is 0 Å². The molecule has 0 radical (unpaired) electrons. The van der Waals surface area contributed by atoms with Gasteiger partial charge in [0.1, 0.15) is 0 Å². The van der Waals surface area contributed by atoms with Crippen molar-refractivity contribution in [1.82, 2.24) is 0 Å². The Kier molecular flexibility index (Phi) is 4.60. The van der Waals surface area contributed by atoms with Gasteiger partial charge in [-0.3, -0.25) is 0 Å². The third-order valence-corrected chi connectivity index (χ3v) is 5.88. The molecule has 0 saturated heterocycles. The number of hydrogen-bond donors (Lipinski definition) is 0. The summed E-state index contributed by atoms with van der Waals surface area (Å²) >= 11 is 5.45. The standard InChI is InChI=1S/C19H24BrS/c1-18(2,3)16-11-14(12-17(21-16)19(4,5)6)13-7-9-15(20)10-8-13/h7-12H,1-6H3/q+1. The van der Waals surface area contributed by atoms with Gasteiger partial charge in [0, 0.05) is 27.4 Å². The third-order valence-electron chi connectivity index (χ3n) is 3.45. The van der Waals surface area contributed by atoms with Crippen molar-refractivity contribution in [3.8, 4) is 11.1 Å². The van der Waals surface area contributed by atoms with Crippen LogP contribution in [0.2, 0.25) is 0 Å². The largest absolute Gasteiger partial charge is 0.219 e. The lowest BCUT2D eigenvalue weighted by molar-refractivity contribution is 0.593. The Morgan fingerprint density at radius 1 is 0.714 bits per heavy atom. The van der Waals surface area contributed by atoms with E-state index in [1.807, 2.05) is 11.3 Å². The first kappa shape index (κ1) is 16.6. The number of hydrogen-bond acceptors (Lipinski definition) is 0. The van der Waals surface area contributed by atoms with Crippen LogP contribution in [0.5, 0.6) is 0 Å². The Hall–Kier alpha value is -0.730. The second kappa shape index (κ2) is 5.81. The average molecular weight is 364 g/mol. The quantitative estimate of drug-likeness (QED) is 0.476. The molecule has 0 atom stereocenters. The van der Waals surface area contributed by atoms with Gasteiger partial charge in [-0.1, -0.05) is 69.6 Å². The molecule has 0 aliphatic carbocycles. The summed E-state index contributed by atoms with van der Waals surface area (Å²) in [6.07, 6.45) is 0. The summed E-state index contributed by atoms with van der Waals surface area (Å²) in [5.74, 6) is 0. The van der Waals surface area contributed by atoms with E-state index < -0.39 is 0 Å². The second-order valence-electron chi connectivity index (χ2n) is 7.58. The van der Waals surface area contributed by atoms with E-state index in [1.165, 1.54) is 20.9 Å². The predicted molar refractivity (Wildman–Crippen MR) is 99.3 cm³/mol. The van der Waals surface area contributed by atoms with Gasteiger partial charge in [-0.2, -0.15) is 0 Å². The lowest BCUT2D eigenvalue weighted by Crippen LogP contribution is -2.14. The summed E-state index contributed by atoms with van der Waals surface area (Å²) < 4.78 is 1.12. The zero-order chi connectivity index (χ0) is 15.8. The van der Waals surface area contributed by atoms with Crippen molar-refractivity contribution in [2.45, 2.75) is 52.4 Å². The molecular formula is C19H24BrS+. The van der Waals surface area contributed by atoms with Crippen LogP contribution in [-0.4, -0.2) is 0 Å². The minimum atomic E-state index is 0.177. The van der Waals surface area contributed by atoms with Crippen LogP contribution in [0.25, 0.3) is 11.1 Å². The molecule has 1 aromatic heterocycles. The summed E-state index contributed by atoms with van der Waals surface area (Å²) in [7, 11) is 0. The van der Waals surface area contributed by atoms with Crippen molar-refractivity contribution in [2.24, 2.45) is 0 Å². The fourth-order valence-electron chi connectivity index (χ4n) is 2.05. The molecule has 21 heavy (non-hydrogen) atoms. The van der Waals surface area contributed by atoms with Gasteiger partial charge in [0.15, 0.2) is 0 Å². The van der Waals surface area contributed by atoms with E-state index >= 15 is 0 Å². The smallest absolute Gasteiger partial charge is 0.0533 e. The van der Waals surface area contributed by atoms with Crippen molar-refractivity contribution < 1.29 is 0 Å². The second-order valence-corrected chi connectivity index (χ2v) is 9.58. The molecule has 0 spiro atoms. The Morgan fingerprint density at radius 2 is 1.14 bits per heavy atom. The Bertz CT molecular complexity index is 596. The van der Waals surface area contributed by atoms with Crippen LogP contribution >= 0.6 is 27.3 Å². The molecule has 0 aliphatic heterocycles. The van der Waals surface area contributed by atoms with Crippen LogP contribution in [0, 0.1) is 0 Å². The molecule has 0 fully saturated rings. The molecule has 1 heterocycles. The minimum Gasteiger partial charge on any atom is -0.0533 e. The summed E-state index contributed by atoms with van der Waals surface area (Å²) in [5.41, 5.74) is 2.95. The minimum absolute atomic E-state index is 0.177. The third kappa shape index (κ3) is 4.14. The summed E-state index contributed by atoms with van der Waals surface area (Å²) in [6, 6.07) is 13.3. The van der Waals surface area contributed by atoms with Gasteiger partial charge >= 0.3 is 0 Å². The van der Waals surface area contributed by atoms with E-state index in [0.717, 1.165) is 4.47 Å². The van der Waals surface area contributed by atoms with Gasteiger partial charge in [-0.05, 0) is 23.3 Å². The van der Waals surface area contributed by atoms with Gasteiger partial charge in [0.2, 0.25) is 21.1 Å². The Morgan fingerprint density at radius 3 is 1.52 bits per heavy atom. The van der Waals surface area contributed by atoms with Crippen molar-refractivity contribution >= 4 is 27.3 Å². The highest BCUT2D eigenvalue weighted by Gasteiger charge is 2.32. The first-order chi connectivity index (χ1) is 9.57. The Balaban J connectivity index is 2.63. The van der Waals surface area contributed by atoms with Crippen LogP contribution in [0.15, 0.2) is 40.9 Å². The molecule has 2 rings (SSSR count). The fourth-order valence-corrected chi connectivity index (χ4v) is 3.54. The zero-order valence-electron chi connectivity index (χ0n) is 13.8. The molecule has 0 amide bonds. The SMILES string of the molecule is CC(C)(C)c1cc(-c2ccc(Br)cc2)cc(C(C)(C)C)[s+]1. The molecular weight excluding hydrogens is 340 g/mol. The van der Waals surface area contributed by atoms with Crippen molar-refractivity contribution in [1.29, 1.82) is 0 Å². The Labute approximate surface area is 141 Å². The molecule has 0 nitrogen and oxygen atoms in total. The molecule has 0 saturated carbocycles. The highest BCUT2D eigenvalue weighted by atomic mass is 79.9. The summed E-state index contributed by atoms with van der Waals surface area (Å²) in [5, 5.41) is 0. The lowest BCUT2D eigenvalue weighted by Gasteiger charge is -2.16. The van der Waals surface area contributed by atoms with Crippen LogP contribution in [0.1, 0.15) is 51.3 Å². The van der Waals surface area contributed by atoms with Crippen molar-refractivity contribution in [2.75, 3.05) is 0 Å². The number of halogens is 1. The molecule has 0 bridgehead atoms. The van der Waals surface area contributed by atoms with Crippen molar-refractivity contribution in [3.05, 3.63) is 50.6 Å². The predicted octanol–water partition coefficient (Wildman–Crippen LogP) is 7.05. The first-order valence-electron chi connectivity index (χ1n) is 7.32. The summed E-state index contributed by atoms with van der Waals surface area (Å²) in [6.45, 7) is 13.7. The normalized spacial score (nSPS) is 12.5. The highest BCUT2D eigenvalue weighted by Crippen LogP contribution is 2.38. The van der Waals surface area contributed by atoms with E-state index in [0.29, 0.717) is 0 Å². The van der Waals surface area contributed by atoms with Crippen LogP contribution < -0.4 is 0 Å². The maximum absolute atomic E-state index is 3.51. The van der Waals surface area contributed by atoms with Gasteiger partial charge < -0.3 is 0 Å². The molecule has 0 unspecified atom stereocenters. The van der Waals surface area contributed by atoms with E-state index in [1.54, 1.807) is 0 Å². The zero-order valence-corrected chi connectivity index (χ0v) is 16.2. The van der Waals surface area contributed by atoms with Crippen LogP contribution in [0.3, 0.4) is 0 Å². The molecule has 2 aromatic rings. The average Bonchev–Trinajstić information content (AvgIpc) is 2.37. The fraction of sp³-hybridized carbons (Fsp3) is 0.421. The van der Waals surface area contributed by atoms with E-state index in [-0.39, 0.29) is 10.8 Å². The molecule has 1 aromatic carbocycles. The van der Waals surface area contributed by atoms with E-state index in [9.17, 15) is 0 Å². The number of rotatable bonds is 1.